The van der Waals surface area contributed by atoms with Gasteiger partial charge in [-0.25, -0.2) is 0 Å². The van der Waals surface area contributed by atoms with Gasteiger partial charge in [-0.2, -0.15) is 0 Å². The summed E-state index contributed by atoms with van der Waals surface area (Å²) in [6, 6.07) is 3.85. The molecule has 2 N–H and O–H groups in total. The Balaban J connectivity index is 2.25. The number of hydrogen-bond acceptors (Lipinski definition) is 3. The van der Waals surface area contributed by atoms with Gasteiger partial charge in [0.1, 0.15) is 5.76 Å². The highest BCUT2D eigenvalue weighted by Gasteiger charge is 2.15. The van der Waals surface area contributed by atoms with Crippen molar-refractivity contribution in [3.8, 4) is 0 Å². The Morgan fingerprint density at radius 1 is 1.32 bits per heavy atom. The van der Waals surface area contributed by atoms with Crippen LogP contribution in [0.5, 0.6) is 0 Å². The molecule has 0 aromatic carbocycles. The van der Waals surface area contributed by atoms with E-state index in [1.807, 2.05) is 19.1 Å². The molecule has 0 aliphatic carbocycles. The number of furan rings is 1. The molecule has 4 heteroatoms. The molecule has 2 unspecified atom stereocenters. The van der Waals surface area contributed by atoms with Crippen LogP contribution in [-0.2, 0) is 11.2 Å². The Labute approximate surface area is 116 Å². The van der Waals surface area contributed by atoms with Crippen LogP contribution in [0.3, 0.4) is 0 Å². The number of amides is 1. The average Bonchev–Trinajstić information content (AvgIpc) is 2.80. The van der Waals surface area contributed by atoms with Gasteiger partial charge < -0.3 is 15.1 Å². The van der Waals surface area contributed by atoms with Gasteiger partial charge in [0.25, 0.3) is 0 Å². The van der Waals surface area contributed by atoms with Gasteiger partial charge >= 0.3 is 0 Å². The molecule has 1 rings (SSSR count). The third-order valence-electron chi connectivity index (χ3n) is 3.04. The van der Waals surface area contributed by atoms with Gasteiger partial charge in [-0.15, -0.1) is 0 Å². The lowest BCUT2D eigenvalue weighted by molar-refractivity contribution is -0.122. The zero-order chi connectivity index (χ0) is 14.3. The number of carbonyl (C=O) groups excluding carboxylic acids is 1. The van der Waals surface area contributed by atoms with Crippen molar-refractivity contribution >= 4 is 5.91 Å². The van der Waals surface area contributed by atoms with Crippen molar-refractivity contribution in [1.29, 1.82) is 0 Å². The number of carbonyl (C=O) groups is 1. The largest absolute Gasteiger partial charge is 0.469 e. The van der Waals surface area contributed by atoms with Crippen molar-refractivity contribution in [3.05, 3.63) is 24.2 Å². The third kappa shape index (κ3) is 6.43. The standard InChI is InChI=1S/C15H26N2O2/c1-11(2)7-8-16-15(18)13(4)17-12(3)10-14-6-5-9-19-14/h5-6,9,11-13,17H,7-8,10H2,1-4H3,(H,16,18). The van der Waals surface area contributed by atoms with Crippen molar-refractivity contribution in [3.63, 3.8) is 0 Å². The second-order valence-electron chi connectivity index (χ2n) is 5.55. The summed E-state index contributed by atoms with van der Waals surface area (Å²) >= 11 is 0. The Morgan fingerprint density at radius 3 is 2.63 bits per heavy atom. The quantitative estimate of drug-likeness (QED) is 0.759. The van der Waals surface area contributed by atoms with Crippen LogP contribution >= 0.6 is 0 Å². The van der Waals surface area contributed by atoms with E-state index in [0.717, 1.165) is 25.1 Å². The molecule has 1 amide bonds. The van der Waals surface area contributed by atoms with Crippen molar-refractivity contribution in [2.75, 3.05) is 6.54 Å². The Kier molecular flexibility index (Phi) is 6.64. The normalized spacial score (nSPS) is 14.4. The molecule has 0 aliphatic rings. The van der Waals surface area contributed by atoms with E-state index in [-0.39, 0.29) is 18.0 Å². The second kappa shape index (κ2) is 8.00. The summed E-state index contributed by atoms with van der Waals surface area (Å²) in [5, 5.41) is 6.24. The van der Waals surface area contributed by atoms with Crippen LogP contribution in [-0.4, -0.2) is 24.5 Å². The first-order valence-corrected chi connectivity index (χ1v) is 7.05. The first-order chi connectivity index (χ1) is 8.99. The van der Waals surface area contributed by atoms with Crippen LogP contribution in [0.2, 0.25) is 0 Å². The molecule has 0 spiro atoms. The summed E-state index contributed by atoms with van der Waals surface area (Å²) in [6.45, 7) is 9.00. The van der Waals surface area contributed by atoms with Gasteiger partial charge in [0.05, 0.1) is 12.3 Å². The molecule has 1 aromatic heterocycles. The molecule has 0 saturated heterocycles. The summed E-state index contributed by atoms with van der Waals surface area (Å²) < 4.78 is 5.30. The SMILES string of the molecule is CC(C)CCNC(=O)C(C)NC(C)Cc1ccco1. The predicted octanol–water partition coefficient (Wildman–Crippen LogP) is 2.35. The number of rotatable bonds is 8. The highest BCUT2D eigenvalue weighted by molar-refractivity contribution is 5.81. The molecule has 0 saturated carbocycles. The lowest BCUT2D eigenvalue weighted by Gasteiger charge is -2.19. The van der Waals surface area contributed by atoms with E-state index in [1.165, 1.54) is 0 Å². The molecule has 1 aromatic rings. The van der Waals surface area contributed by atoms with E-state index in [1.54, 1.807) is 6.26 Å². The van der Waals surface area contributed by atoms with Gasteiger partial charge in [-0.1, -0.05) is 13.8 Å². The summed E-state index contributed by atoms with van der Waals surface area (Å²) in [6.07, 6.45) is 3.47. The molecule has 0 fully saturated rings. The molecular weight excluding hydrogens is 240 g/mol. The highest BCUT2D eigenvalue weighted by atomic mass is 16.3. The van der Waals surface area contributed by atoms with Crippen LogP contribution in [0.1, 0.15) is 39.9 Å². The maximum absolute atomic E-state index is 11.9. The summed E-state index contributed by atoms with van der Waals surface area (Å²) in [5.41, 5.74) is 0. The molecule has 108 valence electrons. The summed E-state index contributed by atoms with van der Waals surface area (Å²) in [4.78, 5) is 11.9. The maximum atomic E-state index is 11.9. The van der Waals surface area contributed by atoms with E-state index in [0.29, 0.717) is 5.92 Å². The third-order valence-corrected chi connectivity index (χ3v) is 3.04. The topological polar surface area (TPSA) is 54.3 Å². The molecule has 4 nitrogen and oxygen atoms in total. The van der Waals surface area contributed by atoms with Crippen molar-refractivity contribution in [2.45, 2.75) is 52.6 Å². The van der Waals surface area contributed by atoms with Crippen LogP contribution in [0.4, 0.5) is 0 Å². The number of nitrogens with one attached hydrogen (secondary N) is 2. The highest BCUT2D eigenvalue weighted by Crippen LogP contribution is 2.04. The summed E-state index contributed by atoms with van der Waals surface area (Å²) in [5.74, 6) is 1.61. The van der Waals surface area contributed by atoms with E-state index in [4.69, 9.17) is 4.42 Å². The smallest absolute Gasteiger partial charge is 0.236 e. The van der Waals surface area contributed by atoms with Crippen molar-refractivity contribution in [2.24, 2.45) is 5.92 Å². The van der Waals surface area contributed by atoms with E-state index < -0.39 is 0 Å². The average molecular weight is 266 g/mol. The Bertz CT molecular complexity index is 360. The molecule has 0 bridgehead atoms. The molecule has 0 radical (unpaired) electrons. The Hall–Kier alpha value is -1.29. The van der Waals surface area contributed by atoms with Crippen LogP contribution in [0, 0.1) is 5.92 Å². The first kappa shape index (κ1) is 15.8. The van der Waals surface area contributed by atoms with Gasteiger partial charge in [-0.05, 0) is 38.3 Å². The van der Waals surface area contributed by atoms with Crippen LogP contribution in [0.15, 0.2) is 22.8 Å². The van der Waals surface area contributed by atoms with E-state index in [9.17, 15) is 4.79 Å². The molecule has 1 heterocycles. The van der Waals surface area contributed by atoms with E-state index >= 15 is 0 Å². The maximum Gasteiger partial charge on any atom is 0.236 e. The number of hydrogen-bond donors (Lipinski definition) is 2. The molecule has 0 aliphatic heterocycles. The Morgan fingerprint density at radius 2 is 2.05 bits per heavy atom. The lowest BCUT2D eigenvalue weighted by atomic mass is 10.1. The molecule has 2 atom stereocenters. The van der Waals surface area contributed by atoms with Gasteiger partial charge in [0.15, 0.2) is 0 Å². The van der Waals surface area contributed by atoms with E-state index in [2.05, 4.69) is 31.4 Å². The zero-order valence-corrected chi connectivity index (χ0v) is 12.4. The fourth-order valence-corrected chi connectivity index (χ4v) is 1.93. The second-order valence-corrected chi connectivity index (χ2v) is 5.55. The predicted molar refractivity (Wildman–Crippen MR) is 76.9 cm³/mol. The lowest BCUT2D eigenvalue weighted by Crippen LogP contribution is -2.46. The fraction of sp³-hybridized carbons (Fsp3) is 0.667. The first-order valence-electron chi connectivity index (χ1n) is 7.05. The fourth-order valence-electron chi connectivity index (χ4n) is 1.93. The monoisotopic (exact) mass is 266 g/mol. The van der Waals surface area contributed by atoms with Crippen molar-refractivity contribution in [1.82, 2.24) is 10.6 Å². The minimum atomic E-state index is -0.183. The van der Waals surface area contributed by atoms with Crippen LogP contribution in [0.25, 0.3) is 0 Å². The summed E-state index contributed by atoms with van der Waals surface area (Å²) in [7, 11) is 0. The van der Waals surface area contributed by atoms with Crippen molar-refractivity contribution < 1.29 is 9.21 Å². The van der Waals surface area contributed by atoms with Crippen LogP contribution < -0.4 is 10.6 Å². The van der Waals surface area contributed by atoms with Gasteiger partial charge in [-0.3, -0.25) is 4.79 Å². The van der Waals surface area contributed by atoms with Gasteiger partial charge in [0, 0.05) is 19.0 Å². The zero-order valence-electron chi connectivity index (χ0n) is 12.4. The minimum absolute atomic E-state index is 0.0620. The molecule has 19 heavy (non-hydrogen) atoms. The molecular formula is C15H26N2O2. The minimum Gasteiger partial charge on any atom is -0.469 e. The van der Waals surface area contributed by atoms with Gasteiger partial charge in [0.2, 0.25) is 5.91 Å².